The van der Waals surface area contributed by atoms with Gasteiger partial charge in [0, 0.05) is 6.54 Å². The van der Waals surface area contributed by atoms with Gasteiger partial charge in [0.05, 0.1) is 12.5 Å². The molecule has 0 saturated carbocycles. The Kier molecular flexibility index (Phi) is 6.48. The van der Waals surface area contributed by atoms with Crippen LogP contribution < -0.4 is 5.73 Å². The Morgan fingerprint density at radius 1 is 1.33 bits per heavy atom. The van der Waals surface area contributed by atoms with Crippen molar-refractivity contribution < 1.29 is 18.4 Å². The second kappa shape index (κ2) is 7.87. The summed E-state index contributed by atoms with van der Waals surface area (Å²) in [6, 6.07) is 8.83. The number of nitrogens with two attached hydrogens (primary N) is 1. The molecular weight excluding hydrogens is 283 g/mol. The van der Waals surface area contributed by atoms with Crippen LogP contribution in [0.3, 0.4) is 0 Å². The van der Waals surface area contributed by atoms with E-state index in [0.29, 0.717) is 13.0 Å². The van der Waals surface area contributed by atoms with Crippen molar-refractivity contribution in [3.8, 4) is 0 Å². The van der Waals surface area contributed by atoms with Gasteiger partial charge >= 0.3 is 6.18 Å². The predicted octanol–water partition coefficient (Wildman–Crippen LogP) is 2.79. The molecule has 1 aromatic carbocycles. The van der Waals surface area contributed by atoms with Gasteiger partial charge < -0.3 is 10.9 Å². The normalized spacial score (nSPS) is 14.4. The van der Waals surface area contributed by atoms with E-state index in [2.05, 4.69) is 5.16 Å². The molecule has 0 spiro atoms. The minimum atomic E-state index is -4.28. The molecule has 1 unspecified atom stereocenters. The number of alkyl halides is 3. The van der Waals surface area contributed by atoms with Gasteiger partial charge in [-0.2, -0.15) is 13.2 Å². The van der Waals surface area contributed by atoms with E-state index in [1.54, 1.807) is 30.3 Å². The van der Waals surface area contributed by atoms with Crippen LogP contribution >= 0.6 is 0 Å². The van der Waals surface area contributed by atoms with Gasteiger partial charge in [0.2, 0.25) is 0 Å². The van der Waals surface area contributed by atoms with Crippen LogP contribution in [0.1, 0.15) is 24.8 Å². The Labute approximate surface area is 122 Å². The largest absolute Gasteiger partial charge is 0.409 e. The zero-order valence-electron chi connectivity index (χ0n) is 11.8. The number of rotatable bonds is 7. The number of oxime groups is 1. The van der Waals surface area contributed by atoms with E-state index in [4.69, 9.17) is 10.9 Å². The van der Waals surface area contributed by atoms with Gasteiger partial charge in [0.15, 0.2) is 0 Å². The van der Waals surface area contributed by atoms with Crippen molar-refractivity contribution in [3.63, 3.8) is 0 Å². The van der Waals surface area contributed by atoms with Gasteiger partial charge in [-0.05, 0) is 18.5 Å². The summed E-state index contributed by atoms with van der Waals surface area (Å²) in [6.45, 7) is 1.14. The number of halogens is 3. The van der Waals surface area contributed by atoms with Gasteiger partial charge in [0.1, 0.15) is 5.84 Å². The average molecular weight is 303 g/mol. The number of hydrogen-bond donors (Lipinski definition) is 2. The van der Waals surface area contributed by atoms with Crippen molar-refractivity contribution in [2.75, 3.05) is 19.6 Å². The smallest absolute Gasteiger partial charge is 0.401 e. The van der Waals surface area contributed by atoms with Crippen molar-refractivity contribution >= 4 is 5.84 Å². The molecule has 0 amide bonds. The molecule has 0 aromatic heterocycles. The summed E-state index contributed by atoms with van der Waals surface area (Å²) in [5, 5.41) is 11.8. The van der Waals surface area contributed by atoms with Crippen LogP contribution in [0.15, 0.2) is 35.5 Å². The molecule has 0 aliphatic heterocycles. The first kappa shape index (κ1) is 17.3. The molecule has 0 fully saturated rings. The third-order valence-electron chi connectivity index (χ3n) is 3.06. The van der Waals surface area contributed by atoms with E-state index in [-0.39, 0.29) is 12.4 Å². The molecule has 0 saturated heterocycles. The van der Waals surface area contributed by atoms with Crippen molar-refractivity contribution in [2.45, 2.75) is 25.4 Å². The topological polar surface area (TPSA) is 61.8 Å². The van der Waals surface area contributed by atoms with Crippen molar-refractivity contribution in [2.24, 2.45) is 10.9 Å². The molecular formula is C14H20F3N3O. The third-order valence-corrected chi connectivity index (χ3v) is 3.06. The zero-order chi connectivity index (χ0) is 15.9. The quantitative estimate of drug-likeness (QED) is 0.352. The molecule has 1 atom stereocenters. The third kappa shape index (κ3) is 6.03. The minimum Gasteiger partial charge on any atom is -0.409 e. The monoisotopic (exact) mass is 303 g/mol. The molecule has 0 radical (unpaired) electrons. The summed E-state index contributed by atoms with van der Waals surface area (Å²) in [4.78, 5) is 1.27. The first-order chi connectivity index (χ1) is 9.87. The molecule has 4 nitrogen and oxygen atoms in total. The zero-order valence-corrected chi connectivity index (χ0v) is 11.8. The lowest BCUT2D eigenvalue weighted by molar-refractivity contribution is -0.146. The van der Waals surface area contributed by atoms with Crippen molar-refractivity contribution in [1.82, 2.24) is 4.90 Å². The van der Waals surface area contributed by atoms with Crippen molar-refractivity contribution in [3.05, 3.63) is 35.9 Å². The second-order valence-corrected chi connectivity index (χ2v) is 4.84. The summed E-state index contributed by atoms with van der Waals surface area (Å²) in [5.74, 6) is -0.672. The molecule has 0 aliphatic rings. The fourth-order valence-electron chi connectivity index (χ4n) is 2.19. The highest BCUT2D eigenvalue weighted by Gasteiger charge is 2.32. The maximum atomic E-state index is 12.6. The summed E-state index contributed by atoms with van der Waals surface area (Å²) in [5.41, 5.74) is 6.37. The van der Waals surface area contributed by atoms with Gasteiger partial charge in [0.25, 0.3) is 0 Å². The fourth-order valence-corrected chi connectivity index (χ4v) is 2.19. The Hall–Kier alpha value is -1.76. The van der Waals surface area contributed by atoms with E-state index in [1.807, 2.05) is 6.92 Å². The Morgan fingerprint density at radius 3 is 2.43 bits per heavy atom. The van der Waals surface area contributed by atoms with Crippen LogP contribution in [0.25, 0.3) is 0 Å². The van der Waals surface area contributed by atoms with E-state index in [9.17, 15) is 13.2 Å². The molecule has 0 aliphatic carbocycles. The van der Waals surface area contributed by atoms with Crippen LogP contribution in [0.4, 0.5) is 13.2 Å². The highest BCUT2D eigenvalue weighted by atomic mass is 19.4. The van der Waals surface area contributed by atoms with Gasteiger partial charge in [-0.25, -0.2) is 0 Å². The van der Waals surface area contributed by atoms with Gasteiger partial charge in [-0.1, -0.05) is 42.4 Å². The van der Waals surface area contributed by atoms with E-state index in [1.165, 1.54) is 4.90 Å². The second-order valence-electron chi connectivity index (χ2n) is 4.84. The molecule has 1 rings (SSSR count). The average Bonchev–Trinajstić information content (AvgIpc) is 2.43. The lowest BCUT2D eigenvalue weighted by atomic mass is 9.97. The summed E-state index contributed by atoms with van der Waals surface area (Å²) in [6.07, 6.45) is -3.69. The highest BCUT2D eigenvalue weighted by molar-refractivity contribution is 5.87. The molecule has 3 N–H and O–H groups in total. The fraction of sp³-hybridized carbons (Fsp3) is 0.500. The van der Waals surface area contributed by atoms with Crippen LogP contribution in [0.5, 0.6) is 0 Å². The predicted molar refractivity (Wildman–Crippen MR) is 75.4 cm³/mol. The Bertz CT molecular complexity index is 449. The number of hydrogen-bond acceptors (Lipinski definition) is 3. The maximum Gasteiger partial charge on any atom is 0.401 e. The van der Waals surface area contributed by atoms with E-state index >= 15 is 0 Å². The molecule has 21 heavy (non-hydrogen) atoms. The van der Waals surface area contributed by atoms with Crippen molar-refractivity contribution in [1.29, 1.82) is 0 Å². The van der Waals surface area contributed by atoms with Crippen LogP contribution in [0.2, 0.25) is 0 Å². The molecule has 7 heteroatoms. The number of nitrogens with zero attached hydrogens (tertiary/aromatic N) is 2. The minimum absolute atomic E-state index is 0.0489. The van der Waals surface area contributed by atoms with E-state index in [0.717, 1.165) is 5.56 Å². The molecule has 1 aromatic rings. The first-order valence-corrected chi connectivity index (χ1v) is 6.68. The standard InChI is InChI=1S/C14H20F3N3O/c1-2-8-20(10-14(15,16)17)9-12(13(18)19-21)11-6-4-3-5-7-11/h3-7,12,21H,2,8-10H2,1H3,(H2,18,19). The highest BCUT2D eigenvalue weighted by Crippen LogP contribution is 2.22. The summed E-state index contributed by atoms with van der Waals surface area (Å²) in [7, 11) is 0. The Balaban J connectivity index is 2.93. The molecule has 0 heterocycles. The first-order valence-electron chi connectivity index (χ1n) is 6.68. The lowest BCUT2D eigenvalue weighted by Crippen LogP contribution is -2.40. The van der Waals surface area contributed by atoms with Gasteiger partial charge in [-0.15, -0.1) is 0 Å². The Morgan fingerprint density at radius 2 is 1.95 bits per heavy atom. The maximum absolute atomic E-state index is 12.6. The number of benzene rings is 1. The molecule has 118 valence electrons. The van der Waals surface area contributed by atoms with Crippen LogP contribution in [-0.4, -0.2) is 41.8 Å². The van der Waals surface area contributed by atoms with E-state index < -0.39 is 18.6 Å². The summed E-state index contributed by atoms with van der Waals surface area (Å²) >= 11 is 0. The SMILES string of the molecule is CCCN(CC(C(N)=NO)c1ccccc1)CC(F)(F)F. The summed E-state index contributed by atoms with van der Waals surface area (Å²) < 4.78 is 37.8. The molecule has 0 bridgehead atoms. The van der Waals surface area contributed by atoms with Gasteiger partial charge in [-0.3, -0.25) is 4.90 Å². The van der Waals surface area contributed by atoms with Crippen LogP contribution in [0, 0.1) is 0 Å². The van der Waals surface area contributed by atoms with Crippen LogP contribution in [-0.2, 0) is 0 Å². The number of amidine groups is 1. The lowest BCUT2D eigenvalue weighted by Gasteiger charge is -2.27.